The molecule has 22 heteroatoms. The average Bonchev–Trinajstić information content (AvgIpc) is 1.33. The maximum absolute atomic E-state index is 13.2. The summed E-state index contributed by atoms with van der Waals surface area (Å²) in [7, 11) is 0. The summed E-state index contributed by atoms with van der Waals surface area (Å²) in [5, 5.41) is 17.3. The Labute approximate surface area is 556 Å². The number of rotatable bonds is 12. The molecule has 0 unspecified atom stereocenters. The third-order valence-corrected chi connectivity index (χ3v) is 17.3. The van der Waals surface area contributed by atoms with Gasteiger partial charge in [-0.25, -0.2) is 20.0 Å². The van der Waals surface area contributed by atoms with E-state index in [1.54, 1.807) is 86.6 Å². The zero-order valence-corrected chi connectivity index (χ0v) is 53.9. The maximum atomic E-state index is 13.2. The number of nitrogens with zero attached hydrogens (tertiary/aromatic N) is 6. The minimum atomic E-state index is -0.446. The summed E-state index contributed by atoms with van der Waals surface area (Å²) in [6, 6.07) is 48.5. The normalized spacial score (nSPS) is 12.3. The van der Waals surface area contributed by atoms with Crippen LogP contribution in [0.3, 0.4) is 0 Å². The second-order valence-corrected chi connectivity index (χ2v) is 23.3. The molecular formula is C74H56Cl2N10O10. The van der Waals surface area contributed by atoms with Gasteiger partial charge in [0.05, 0.1) is 46.4 Å². The molecule has 0 atom stereocenters. The number of ether oxygens (including phenoxy) is 6. The molecule has 4 N–H and O–H groups in total. The smallest absolute Gasteiger partial charge is 0.255 e. The van der Waals surface area contributed by atoms with Gasteiger partial charge in [-0.3, -0.25) is 19.2 Å². The fourth-order valence-electron chi connectivity index (χ4n) is 12.6. The van der Waals surface area contributed by atoms with Crippen LogP contribution in [0.4, 0.5) is 45.5 Å². The molecular weight excluding hydrogens is 1260 g/mol. The van der Waals surface area contributed by atoms with Crippen LogP contribution in [0, 0.1) is 0 Å². The molecule has 0 aliphatic carbocycles. The number of anilines is 4. The van der Waals surface area contributed by atoms with Gasteiger partial charge in [-0.15, -0.1) is 0 Å². The van der Waals surface area contributed by atoms with Gasteiger partial charge in [0.25, 0.3) is 11.8 Å². The average molecular weight is 1320 g/mol. The van der Waals surface area contributed by atoms with Crippen LogP contribution >= 0.6 is 23.2 Å². The predicted molar refractivity (Wildman–Crippen MR) is 369 cm³/mol. The van der Waals surface area contributed by atoms with Crippen molar-refractivity contribution >= 4 is 136 Å². The highest BCUT2D eigenvalue weighted by Gasteiger charge is 2.34. The van der Waals surface area contributed by atoms with Gasteiger partial charge in [-0.2, -0.15) is 0 Å². The second kappa shape index (κ2) is 24.3. The van der Waals surface area contributed by atoms with Gasteiger partial charge in [0, 0.05) is 84.1 Å². The summed E-state index contributed by atoms with van der Waals surface area (Å²) in [6.07, 6.45) is 0. The summed E-state index contributed by atoms with van der Waals surface area (Å²) in [4.78, 5) is 71.4. The number of hydrogen-bond donors (Lipinski definition) is 4. The molecule has 20 nitrogen and oxygen atoms in total. The minimum Gasteiger partial charge on any atom is -0.492 e. The fraction of sp³-hybridized carbons (Fsp3) is 0.135. The van der Waals surface area contributed by atoms with E-state index in [9.17, 15) is 19.2 Å². The number of fused-ring (bicyclic) bond motifs is 16. The van der Waals surface area contributed by atoms with E-state index in [0.717, 1.165) is 56.7 Å². The van der Waals surface area contributed by atoms with Gasteiger partial charge in [-0.05, 0) is 88.4 Å². The van der Waals surface area contributed by atoms with Crippen LogP contribution in [0.2, 0.25) is 10.0 Å². The SMILES string of the molecule is CCOc1cc2c(cc1NC(=O)c1ccccc1)Oc1c(NC(C)=O)c3c(c(NC(C)=O)c1=N2)Oc1cc(NC(=O)c2ccccc2)c(OCC)cc1N=3.CCn1c2ccccc2c2c3c(ccc21)N=c1c(Cl)c2c(c(Cl)c1O3)=Nc1ccc3c(c1O2)c1ccccc1n3CC. The Morgan fingerprint density at radius 2 is 0.802 bits per heavy atom. The third kappa shape index (κ3) is 10.2. The molecule has 16 rings (SSSR count). The number of aromatic nitrogens is 2. The number of amides is 4. The van der Waals surface area contributed by atoms with Crippen LogP contribution in [0.5, 0.6) is 57.5 Å². The molecule has 10 aromatic carbocycles. The zero-order valence-electron chi connectivity index (χ0n) is 52.4. The number of para-hydroxylation sites is 2. The summed E-state index contributed by atoms with van der Waals surface area (Å²) < 4.78 is 42.5. The molecule has 0 radical (unpaired) electrons. The molecule has 0 saturated heterocycles. The molecule has 0 bridgehead atoms. The van der Waals surface area contributed by atoms with Gasteiger partial charge in [0.15, 0.2) is 46.0 Å². The Morgan fingerprint density at radius 3 is 1.19 bits per heavy atom. The van der Waals surface area contributed by atoms with Crippen LogP contribution < -0.4 is 71.1 Å². The van der Waals surface area contributed by atoms with Crippen molar-refractivity contribution in [3.05, 3.63) is 200 Å². The first kappa shape index (κ1) is 60.5. The first-order valence-corrected chi connectivity index (χ1v) is 31.8. The van der Waals surface area contributed by atoms with E-state index < -0.39 is 11.8 Å². The summed E-state index contributed by atoms with van der Waals surface area (Å²) in [5.41, 5.74) is 8.19. The quantitative estimate of drug-likeness (QED) is 0.0845. The molecule has 12 aromatic rings. The zero-order chi connectivity index (χ0) is 66.2. The lowest BCUT2D eigenvalue weighted by Crippen LogP contribution is -2.29. The second-order valence-electron chi connectivity index (χ2n) is 22.6. The highest BCUT2D eigenvalue weighted by atomic mass is 35.5. The van der Waals surface area contributed by atoms with E-state index in [2.05, 4.69) is 92.8 Å². The number of benzene rings is 10. The molecule has 96 heavy (non-hydrogen) atoms. The van der Waals surface area contributed by atoms with Crippen molar-refractivity contribution in [3.8, 4) is 57.5 Å². The first-order chi connectivity index (χ1) is 46.7. The molecule has 6 heterocycles. The van der Waals surface area contributed by atoms with Gasteiger partial charge < -0.3 is 58.8 Å². The lowest BCUT2D eigenvalue weighted by Gasteiger charge is -2.25. The minimum absolute atomic E-state index is 0.0669. The number of carbonyl (C=O) groups excluding carboxylic acids is 4. The molecule has 2 aromatic heterocycles. The number of hydrogen-bond acceptors (Lipinski definition) is 14. The van der Waals surface area contributed by atoms with E-state index in [1.165, 1.54) is 13.8 Å². The van der Waals surface area contributed by atoms with Crippen LogP contribution in [0.1, 0.15) is 62.3 Å². The van der Waals surface area contributed by atoms with E-state index in [0.29, 0.717) is 101 Å². The Morgan fingerprint density at radius 1 is 0.417 bits per heavy atom. The van der Waals surface area contributed by atoms with E-state index in [4.69, 9.17) is 71.6 Å². The van der Waals surface area contributed by atoms with Crippen LogP contribution in [-0.2, 0) is 22.7 Å². The van der Waals surface area contributed by atoms with Crippen molar-refractivity contribution in [1.29, 1.82) is 0 Å². The van der Waals surface area contributed by atoms with E-state index >= 15 is 0 Å². The Kier molecular flexibility index (Phi) is 15.3. The topological polar surface area (TPSA) is 231 Å². The Balaban J connectivity index is 0.000000162. The Bertz CT molecular complexity index is 5300. The lowest BCUT2D eigenvalue weighted by atomic mass is 10.1. The van der Waals surface area contributed by atoms with E-state index in [1.807, 2.05) is 36.4 Å². The first-order valence-electron chi connectivity index (χ1n) is 31.1. The Hall–Kier alpha value is -11.7. The number of carbonyl (C=O) groups is 4. The van der Waals surface area contributed by atoms with Gasteiger partial charge in [0.2, 0.25) is 11.8 Å². The number of halogens is 2. The largest absolute Gasteiger partial charge is 0.492 e. The van der Waals surface area contributed by atoms with Gasteiger partial charge in [-0.1, -0.05) is 96.0 Å². The van der Waals surface area contributed by atoms with Crippen molar-refractivity contribution in [3.63, 3.8) is 0 Å². The number of nitrogens with one attached hydrogen (secondary N) is 4. The van der Waals surface area contributed by atoms with Crippen molar-refractivity contribution in [2.24, 2.45) is 20.0 Å². The van der Waals surface area contributed by atoms with Crippen molar-refractivity contribution in [2.75, 3.05) is 34.5 Å². The summed E-state index contributed by atoms with van der Waals surface area (Å²) in [5.74, 6) is 1.70. The van der Waals surface area contributed by atoms with Crippen LogP contribution in [0.15, 0.2) is 178 Å². The van der Waals surface area contributed by atoms with Crippen LogP contribution in [-0.4, -0.2) is 46.0 Å². The highest BCUT2D eigenvalue weighted by Crippen LogP contribution is 2.52. The standard InChI is InChI=1S/C40H34N6O8.C34H22Cl2N4O2/c1-5-51-29-17-27-31(19-25(29)45-39(49)23-13-9-7-10-14-23)53-37-34(42-22(4)48)36-38(33(35(37)43-27)41-21(3)47)54-32-20-26(30(52-6-2)18-28(32)44-36)46-40(50)24-15-11-8-12-16-24;1-3-39-21-11-7-5-9-17(21)25-23(39)15-13-19-31(25)41-33-27(35)30-34(28(36)29(33)37-19)42-32-20(38-30)14-16-24-26(32)18-10-6-8-12-22(18)40(24)4-2/h7-20H,5-6H2,1-4H3,(H,41,47)(H,42,48)(H,45,49)(H,46,50);5-16H,3-4H2,1-2H3. The molecule has 0 fully saturated rings. The predicted octanol–water partition coefficient (Wildman–Crippen LogP) is 16.4. The fourth-order valence-corrected chi connectivity index (χ4v) is 13.1. The third-order valence-electron chi connectivity index (χ3n) is 16.6. The monoisotopic (exact) mass is 1310 g/mol. The molecule has 0 saturated carbocycles. The number of aryl methyl sites for hydroxylation is 2. The molecule has 4 aliphatic heterocycles. The van der Waals surface area contributed by atoms with Crippen molar-refractivity contribution < 1.29 is 47.6 Å². The van der Waals surface area contributed by atoms with Crippen molar-refractivity contribution in [2.45, 2.75) is 54.6 Å². The molecule has 4 aliphatic rings. The summed E-state index contributed by atoms with van der Waals surface area (Å²) >= 11 is 14.1. The summed E-state index contributed by atoms with van der Waals surface area (Å²) in [6.45, 7) is 12.8. The van der Waals surface area contributed by atoms with Gasteiger partial charge >= 0.3 is 0 Å². The molecule has 4 amide bonds. The lowest BCUT2D eigenvalue weighted by molar-refractivity contribution is -0.115. The molecule has 0 spiro atoms. The maximum Gasteiger partial charge on any atom is 0.255 e. The van der Waals surface area contributed by atoms with Crippen LogP contribution in [0.25, 0.3) is 43.6 Å². The van der Waals surface area contributed by atoms with E-state index in [-0.39, 0.29) is 70.1 Å². The highest BCUT2D eigenvalue weighted by molar-refractivity contribution is 6.35. The molecule has 476 valence electrons. The van der Waals surface area contributed by atoms with Crippen molar-refractivity contribution in [1.82, 2.24) is 9.13 Å². The van der Waals surface area contributed by atoms with Gasteiger partial charge in [0.1, 0.15) is 77.1 Å².